The highest BCUT2D eigenvalue weighted by Gasteiger charge is 2.25. The van der Waals surface area contributed by atoms with Crippen molar-refractivity contribution in [3.05, 3.63) is 65.9 Å². The lowest BCUT2D eigenvalue weighted by Crippen LogP contribution is -2.45. The number of carbonyl (C=O) groups excluding carboxylic acids is 2. The van der Waals surface area contributed by atoms with Crippen LogP contribution in [0, 0.1) is 0 Å². The number of hydrogen-bond donors (Lipinski definition) is 2. The molecule has 144 valence electrons. The summed E-state index contributed by atoms with van der Waals surface area (Å²) in [4.78, 5) is 27.4. The van der Waals surface area contributed by atoms with Crippen molar-refractivity contribution in [2.24, 2.45) is 0 Å². The minimum Gasteiger partial charge on any atom is -0.346 e. The van der Waals surface area contributed by atoms with Gasteiger partial charge in [-0.3, -0.25) is 14.7 Å². The first-order chi connectivity index (χ1) is 13.7. The molecule has 1 aliphatic heterocycles. The number of amides is 2. The van der Waals surface area contributed by atoms with Crippen LogP contribution in [0.15, 0.2) is 54.6 Å². The van der Waals surface area contributed by atoms with Gasteiger partial charge in [0.2, 0.25) is 5.91 Å². The SMILES string of the molecule is O=C(N[C@H]1CCCCN(C(=O)Cc2ccccc2)C1)c1n[nH]c2ccccc12. The fourth-order valence-corrected chi connectivity index (χ4v) is 3.76. The fraction of sp³-hybridized carbons (Fsp3) is 0.318. The molecule has 0 saturated carbocycles. The zero-order chi connectivity index (χ0) is 19.3. The number of hydrogen-bond acceptors (Lipinski definition) is 3. The molecule has 0 unspecified atom stereocenters. The van der Waals surface area contributed by atoms with Crippen molar-refractivity contribution in [3.63, 3.8) is 0 Å². The average Bonchev–Trinajstić information content (AvgIpc) is 3.01. The lowest BCUT2D eigenvalue weighted by molar-refractivity contribution is -0.130. The number of H-pyrrole nitrogens is 1. The Labute approximate surface area is 163 Å². The summed E-state index contributed by atoms with van der Waals surface area (Å²) in [5, 5.41) is 11.0. The molecule has 0 aliphatic carbocycles. The average molecular weight is 376 g/mol. The molecule has 0 radical (unpaired) electrons. The minimum atomic E-state index is -0.195. The highest BCUT2D eigenvalue weighted by Crippen LogP contribution is 2.17. The molecule has 3 aromatic rings. The van der Waals surface area contributed by atoms with E-state index >= 15 is 0 Å². The largest absolute Gasteiger partial charge is 0.346 e. The number of para-hydroxylation sites is 1. The van der Waals surface area contributed by atoms with Gasteiger partial charge in [0.05, 0.1) is 11.9 Å². The van der Waals surface area contributed by atoms with Gasteiger partial charge in [-0.1, -0.05) is 48.5 Å². The summed E-state index contributed by atoms with van der Waals surface area (Å²) in [5.74, 6) is -0.0858. The van der Waals surface area contributed by atoms with E-state index in [0.29, 0.717) is 18.7 Å². The van der Waals surface area contributed by atoms with Gasteiger partial charge in [-0.05, 0) is 30.9 Å². The summed E-state index contributed by atoms with van der Waals surface area (Å²) in [6.45, 7) is 1.28. The van der Waals surface area contributed by atoms with Crippen LogP contribution in [0.3, 0.4) is 0 Å². The second-order valence-corrected chi connectivity index (χ2v) is 7.29. The summed E-state index contributed by atoms with van der Waals surface area (Å²) >= 11 is 0. The molecule has 1 aliphatic rings. The van der Waals surface area contributed by atoms with Crippen LogP contribution in [0.2, 0.25) is 0 Å². The molecular weight excluding hydrogens is 352 g/mol. The maximum atomic E-state index is 12.8. The van der Waals surface area contributed by atoms with Crippen LogP contribution in [0.5, 0.6) is 0 Å². The summed E-state index contributed by atoms with van der Waals surface area (Å²) in [6, 6.07) is 17.3. The molecule has 2 heterocycles. The van der Waals surface area contributed by atoms with E-state index < -0.39 is 0 Å². The molecule has 1 aromatic heterocycles. The van der Waals surface area contributed by atoms with Gasteiger partial charge >= 0.3 is 0 Å². The standard InChI is InChI=1S/C22H24N4O2/c27-20(14-16-8-2-1-3-9-16)26-13-7-6-10-17(15-26)23-22(28)21-18-11-4-5-12-19(18)24-25-21/h1-5,8-9,11-12,17H,6-7,10,13-15H2,(H,23,28)(H,24,25)/t17-/m0/s1. The molecule has 2 aromatic carbocycles. The quantitative estimate of drug-likeness (QED) is 0.735. The van der Waals surface area contributed by atoms with Crippen molar-refractivity contribution in [1.82, 2.24) is 20.4 Å². The normalized spacial score (nSPS) is 17.3. The van der Waals surface area contributed by atoms with Gasteiger partial charge in [0, 0.05) is 24.5 Å². The van der Waals surface area contributed by atoms with Crippen molar-refractivity contribution >= 4 is 22.7 Å². The van der Waals surface area contributed by atoms with Gasteiger partial charge in [0.25, 0.3) is 5.91 Å². The van der Waals surface area contributed by atoms with Crippen molar-refractivity contribution in [3.8, 4) is 0 Å². The molecule has 1 fully saturated rings. The molecule has 4 rings (SSSR count). The predicted octanol–water partition coefficient (Wildman–Crippen LogP) is 2.92. The van der Waals surface area contributed by atoms with Crippen molar-refractivity contribution in [2.45, 2.75) is 31.7 Å². The number of aromatic nitrogens is 2. The Morgan fingerprint density at radius 1 is 1.07 bits per heavy atom. The Hall–Kier alpha value is -3.15. The Kier molecular flexibility index (Phi) is 5.37. The van der Waals surface area contributed by atoms with Crippen molar-refractivity contribution < 1.29 is 9.59 Å². The van der Waals surface area contributed by atoms with Crippen LogP contribution < -0.4 is 5.32 Å². The number of nitrogens with zero attached hydrogens (tertiary/aromatic N) is 2. The van der Waals surface area contributed by atoms with Crippen LogP contribution in [-0.4, -0.2) is 46.0 Å². The Bertz CT molecular complexity index is 967. The minimum absolute atomic E-state index is 0.0646. The third-order valence-electron chi connectivity index (χ3n) is 5.24. The Morgan fingerprint density at radius 3 is 2.71 bits per heavy atom. The monoisotopic (exact) mass is 376 g/mol. The number of rotatable bonds is 4. The van der Waals surface area contributed by atoms with E-state index in [1.165, 1.54) is 0 Å². The van der Waals surface area contributed by atoms with E-state index in [0.717, 1.165) is 42.3 Å². The zero-order valence-electron chi connectivity index (χ0n) is 15.7. The molecule has 6 nitrogen and oxygen atoms in total. The molecule has 1 saturated heterocycles. The number of nitrogens with one attached hydrogen (secondary N) is 2. The van der Waals surface area contributed by atoms with Crippen LogP contribution in [0.25, 0.3) is 10.9 Å². The molecule has 28 heavy (non-hydrogen) atoms. The van der Waals surface area contributed by atoms with E-state index in [-0.39, 0.29) is 17.9 Å². The number of benzene rings is 2. The summed E-state index contributed by atoms with van der Waals surface area (Å²) < 4.78 is 0. The third-order valence-corrected chi connectivity index (χ3v) is 5.24. The summed E-state index contributed by atoms with van der Waals surface area (Å²) in [6.07, 6.45) is 3.20. The molecule has 6 heteroatoms. The number of aromatic amines is 1. The van der Waals surface area contributed by atoms with Gasteiger partial charge in [-0.2, -0.15) is 5.10 Å². The van der Waals surface area contributed by atoms with Gasteiger partial charge in [0.15, 0.2) is 5.69 Å². The smallest absolute Gasteiger partial charge is 0.272 e. The van der Waals surface area contributed by atoms with Gasteiger partial charge in [0.1, 0.15) is 0 Å². The van der Waals surface area contributed by atoms with E-state index in [9.17, 15) is 9.59 Å². The highest BCUT2D eigenvalue weighted by molar-refractivity contribution is 6.04. The van der Waals surface area contributed by atoms with Crippen LogP contribution in [0.1, 0.15) is 35.3 Å². The van der Waals surface area contributed by atoms with Gasteiger partial charge in [-0.25, -0.2) is 0 Å². The highest BCUT2D eigenvalue weighted by atomic mass is 16.2. The van der Waals surface area contributed by atoms with Crippen LogP contribution in [0.4, 0.5) is 0 Å². The second kappa shape index (κ2) is 8.25. The number of carbonyl (C=O) groups is 2. The van der Waals surface area contributed by atoms with Crippen LogP contribution >= 0.6 is 0 Å². The summed E-state index contributed by atoms with van der Waals surface area (Å²) in [5.41, 5.74) is 2.26. The number of fused-ring (bicyclic) bond motifs is 1. The van der Waals surface area contributed by atoms with Crippen molar-refractivity contribution in [1.29, 1.82) is 0 Å². The maximum absolute atomic E-state index is 12.8. The Balaban J connectivity index is 1.42. The molecular formula is C22H24N4O2. The van der Waals surface area contributed by atoms with Crippen LogP contribution in [-0.2, 0) is 11.2 Å². The Morgan fingerprint density at radius 2 is 1.86 bits per heavy atom. The number of likely N-dealkylation sites (tertiary alicyclic amines) is 1. The fourth-order valence-electron chi connectivity index (χ4n) is 3.76. The second-order valence-electron chi connectivity index (χ2n) is 7.29. The molecule has 2 amide bonds. The molecule has 2 N–H and O–H groups in total. The van der Waals surface area contributed by atoms with E-state index in [2.05, 4.69) is 15.5 Å². The zero-order valence-corrected chi connectivity index (χ0v) is 15.7. The third kappa shape index (κ3) is 4.06. The molecule has 1 atom stereocenters. The maximum Gasteiger partial charge on any atom is 0.272 e. The van der Waals surface area contributed by atoms with E-state index in [4.69, 9.17) is 0 Å². The van der Waals surface area contributed by atoms with Gasteiger partial charge < -0.3 is 10.2 Å². The first-order valence-corrected chi connectivity index (χ1v) is 9.76. The first kappa shape index (κ1) is 18.2. The first-order valence-electron chi connectivity index (χ1n) is 9.76. The van der Waals surface area contributed by atoms with Crippen molar-refractivity contribution in [2.75, 3.05) is 13.1 Å². The topological polar surface area (TPSA) is 78.1 Å². The van der Waals surface area contributed by atoms with E-state index in [1.54, 1.807) is 0 Å². The van der Waals surface area contributed by atoms with E-state index in [1.807, 2.05) is 59.5 Å². The molecule has 0 bridgehead atoms. The lowest BCUT2D eigenvalue weighted by Gasteiger charge is -2.25. The summed E-state index contributed by atoms with van der Waals surface area (Å²) in [7, 11) is 0. The lowest BCUT2D eigenvalue weighted by atomic mass is 10.1. The van der Waals surface area contributed by atoms with Gasteiger partial charge in [-0.15, -0.1) is 0 Å². The predicted molar refractivity (Wildman–Crippen MR) is 108 cm³/mol. The molecule has 0 spiro atoms.